The van der Waals surface area contributed by atoms with Crippen molar-refractivity contribution in [2.24, 2.45) is 5.73 Å². The van der Waals surface area contributed by atoms with Crippen LogP contribution in [0.1, 0.15) is 12.5 Å². The number of hydrogen-bond acceptors (Lipinski definition) is 7. The van der Waals surface area contributed by atoms with E-state index in [9.17, 15) is 14.4 Å². The number of carbonyl (C=O) groups is 3. The van der Waals surface area contributed by atoms with Gasteiger partial charge in [-0.2, -0.15) is 0 Å². The zero-order valence-corrected chi connectivity index (χ0v) is 13.8. The maximum Gasteiger partial charge on any atom is 0.340 e. The minimum Gasteiger partial charge on any atom is -0.466 e. The molecule has 0 saturated carbocycles. The highest BCUT2D eigenvalue weighted by atomic mass is 16.5. The lowest BCUT2D eigenvalue weighted by molar-refractivity contribution is -0.141. The van der Waals surface area contributed by atoms with Gasteiger partial charge in [0.15, 0.2) is 0 Å². The second-order valence-electron chi connectivity index (χ2n) is 5.51. The van der Waals surface area contributed by atoms with Gasteiger partial charge in [-0.25, -0.2) is 9.59 Å². The lowest BCUT2D eigenvalue weighted by Crippen LogP contribution is -2.48. The molecule has 1 aromatic carbocycles. The number of ether oxygens (including phenoxy) is 3. The number of fused-ring (bicyclic) bond motifs is 2. The molecular formula is C17H16N2O6. The van der Waals surface area contributed by atoms with Crippen LogP contribution < -0.4 is 11.1 Å². The molecule has 2 aliphatic rings. The van der Waals surface area contributed by atoms with Crippen LogP contribution in [0.4, 0.5) is 5.69 Å². The van der Waals surface area contributed by atoms with Gasteiger partial charge in [0.2, 0.25) is 11.8 Å². The molecule has 2 heterocycles. The van der Waals surface area contributed by atoms with Crippen LogP contribution in [-0.2, 0) is 34.0 Å². The van der Waals surface area contributed by atoms with Crippen molar-refractivity contribution in [3.63, 3.8) is 0 Å². The summed E-state index contributed by atoms with van der Waals surface area (Å²) in [6.07, 6.45) is 0. The number of benzene rings is 1. The predicted molar refractivity (Wildman–Crippen MR) is 85.8 cm³/mol. The van der Waals surface area contributed by atoms with Crippen molar-refractivity contribution < 1.29 is 28.6 Å². The number of anilines is 1. The van der Waals surface area contributed by atoms with E-state index in [1.807, 2.05) is 0 Å². The highest BCUT2D eigenvalue weighted by Gasteiger charge is 2.61. The Labute approximate surface area is 143 Å². The summed E-state index contributed by atoms with van der Waals surface area (Å²) in [4.78, 5) is 38.0. The number of hydrogen-bond donors (Lipinski definition) is 2. The third-order valence-electron chi connectivity index (χ3n) is 4.31. The van der Waals surface area contributed by atoms with E-state index in [0.29, 0.717) is 11.3 Å². The second kappa shape index (κ2) is 5.66. The van der Waals surface area contributed by atoms with Gasteiger partial charge in [0.1, 0.15) is 22.3 Å². The number of rotatable bonds is 2. The molecule has 0 aliphatic carbocycles. The Morgan fingerprint density at radius 2 is 1.72 bits per heavy atom. The number of nitrogens with one attached hydrogen (secondary N) is 1. The fraction of sp³-hybridized carbons (Fsp3) is 0.235. The molecular weight excluding hydrogens is 328 g/mol. The molecule has 25 heavy (non-hydrogen) atoms. The quantitative estimate of drug-likeness (QED) is 0.758. The molecule has 8 nitrogen and oxygen atoms in total. The molecule has 0 bridgehead atoms. The van der Waals surface area contributed by atoms with Crippen LogP contribution in [0.5, 0.6) is 0 Å². The fourth-order valence-electron chi connectivity index (χ4n) is 3.35. The maximum absolute atomic E-state index is 13.1. The third kappa shape index (κ3) is 2.03. The minimum absolute atomic E-state index is 0.0730. The molecule has 2 aliphatic heterocycles. The molecule has 1 atom stereocenters. The number of nitrogens with two attached hydrogens (primary N) is 1. The summed E-state index contributed by atoms with van der Waals surface area (Å²) in [5.41, 5.74) is 4.58. The van der Waals surface area contributed by atoms with Crippen LogP contribution in [0.15, 0.2) is 47.1 Å². The Bertz CT molecular complexity index is 830. The molecule has 1 amide bonds. The van der Waals surface area contributed by atoms with E-state index in [1.165, 1.54) is 14.0 Å². The smallest absolute Gasteiger partial charge is 0.340 e. The van der Waals surface area contributed by atoms with Gasteiger partial charge in [0, 0.05) is 11.3 Å². The van der Waals surface area contributed by atoms with Crippen LogP contribution in [0, 0.1) is 0 Å². The average Bonchev–Trinajstić information content (AvgIpc) is 2.87. The first-order valence-corrected chi connectivity index (χ1v) is 7.36. The SMILES string of the molecule is COC(=O)C1=C(C)OC(N)=C(C(=O)OC)[C@@]12C(=O)Nc1ccccc12. The lowest BCUT2D eigenvalue weighted by atomic mass is 9.68. The Kier molecular flexibility index (Phi) is 3.75. The standard InChI is InChI=1S/C17H16N2O6/c1-8-11(14(20)23-2)17(12(13(18)25-8)15(21)24-3)9-6-4-5-7-10(9)19-16(17)22/h4-7H,18H2,1-3H3,(H,19,22)/t17-/m0/s1. The fourth-order valence-corrected chi connectivity index (χ4v) is 3.35. The molecule has 3 rings (SSSR count). The number of para-hydroxylation sites is 1. The van der Waals surface area contributed by atoms with Gasteiger partial charge in [-0.15, -0.1) is 0 Å². The number of allylic oxidation sites excluding steroid dienone is 1. The van der Waals surface area contributed by atoms with E-state index in [4.69, 9.17) is 19.9 Å². The molecule has 0 saturated heterocycles. The topological polar surface area (TPSA) is 117 Å². The first-order valence-electron chi connectivity index (χ1n) is 7.36. The molecule has 130 valence electrons. The van der Waals surface area contributed by atoms with Crippen LogP contribution in [0.3, 0.4) is 0 Å². The molecule has 1 aromatic rings. The average molecular weight is 344 g/mol. The molecule has 0 aromatic heterocycles. The van der Waals surface area contributed by atoms with Crippen molar-refractivity contribution in [3.05, 3.63) is 52.6 Å². The predicted octanol–water partition coefficient (Wildman–Crippen LogP) is 0.697. The first-order chi connectivity index (χ1) is 11.9. The summed E-state index contributed by atoms with van der Waals surface area (Å²) in [7, 11) is 2.33. The summed E-state index contributed by atoms with van der Waals surface area (Å²) < 4.78 is 15.0. The molecule has 0 radical (unpaired) electrons. The summed E-state index contributed by atoms with van der Waals surface area (Å²) in [6, 6.07) is 6.69. The number of amides is 1. The van der Waals surface area contributed by atoms with Crippen molar-refractivity contribution in [1.82, 2.24) is 0 Å². The number of carbonyl (C=O) groups excluding carboxylic acids is 3. The highest BCUT2D eigenvalue weighted by molar-refractivity contribution is 6.21. The normalized spacial score (nSPS) is 21.6. The van der Waals surface area contributed by atoms with Crippen LogP contribution in [0.2, 0.25) is 0 Å². The van der Waals surface area contributed by atoms with Gasteiger partial charge in [-0.1, -0.05) is 18.2 Å². The van der Waals surface area contributed by atoms with E-state index in [1.54, 1.807) is 24.3 Å². The van der Waals surface area contributed by atoms with E-state index in [-0.39, 0.29) is 22.8 Å². The summed E-state index contributed by atoms with van der Waals surface area (Å²) in [6.45, 7) is 1.48. The van der Waals surface area contributed by atoms with Crippen LogP contribution in [-0.4, -0.2) is 32.1 Å². The Hall–Kier alpha value is -3.29. The van der Waals surface area contributed by atoms with Gasteiger partial charge in [0.25, 0.3) is 0 Å². The highest BCUT2D eigenvalue weighted by Crippen LogP contribution is 2.52. The third-order valence-corrected chi connectivity index (χ3v) is 4.31. The molecule has 0 unspecified atom stereocenters. The van der Waals surface area contributed by atoms with Gasteiger partial charge in [0.05, 0.1) is 14.2 Å². The molecule has 3 N–H and O–H groups in total. The van der Waals surface area contributed by atoms with E-state index >= 15 is 0 Å². The van der Waals surface area contributed by atoms with E-state index in [0.717, 1.165) is 7.11 Å². The van der Waals surface area contributed by atoms with Crippen molar-refractivity contribution in [2.45, 2.75) is 12.3 Å². The van der Waals surface area contributed by atoms with Crippen molar-refractivity contribution in [1.29, 1.82) is 0 Å². The summed E-state index contributed by atoms with van der Waals surface area (Å²) >= 11 is 0. The van der Waals surface area contributed by atoms with Crippen molar-refractivity contribution >= 4 is 23.5 Å². The van der Waals surface area contributed by atoms with E-state index in [2.05, 4.69) is 5.32 Å². The number of methoxy groups -OCH3 is 2. The van der Waals surface area contributed by atoms with Gasteiger partial charge < -0.3 is 25.3 Å². The van der Waals surface area contributed by atoms with Crippen molar-refractivity contribution in [3.8, 4) is 0 Å². The molecule has 0 fully saturated rings. The minimum atomic E-state index is -1.80. The van der Waals surface area contributed by atoms with Gasteiger partial charge >= 0.3 is 11.9 Å². The Morgan fingerprint density at radius 3 is 2.36 bits per heavy atom. The molecule has 1 spiro atoms. The van der Waals surface area contributed by atoms with Gasteiger partial charge in [-0.05, 0) is 13.0 Å². The first kappa shape index (κ1) is 16.6. The summed E-state index contributed by atoms with van der Waals surface area (Å²) in [5.74, 6) is -2.52. The zero-order valence-electron chi connectivity index (χ0n) is 13.8. The number of esters is 2. The van der Waals surface area contributed by atoms with Gasteiger partial charge in [-0.3, -0.25) is 4.79 Å². The molecule has 8 heteroatoms. The van der Waals surface area contributed by atoms with E-state index < -0.39 is 23.3 Å². The zero-order chi connectivity index (χ0) is 18.4. The summed E-state index contributed by atoms with van der Waals surface area (Å²) in [5, 5.41) is 2.68. The van der Waals surface area contributed by atoms with Crippen LogP contribution >= 0.6 is 0 Å². The largest absolute Gasteiger partial charge is 0.466 e. The maximum atomic E-state index is 13.1. The van der Waals surface area contributed by atoms with Crippen molar-refractivity contribution in [2.75, 3.05) is 19.5 Å². The Morgan fingerprint density at radius 1 is 1.12 bits per heavy atom. The second-order valence-corrected chi connectivity index (χ2v) is 5.51. The monoisotopic (exact) mass is 344 g/mol. The Balaban J connectivity index is 2.44. The lowest BCUT2D eigenvalue weighted by Gasteiger charge is -2.35. The van der Waals surface area contributed by atoms with Crippen LogP contribution in [0.25, 0.3) is 0 Å².